The van der Waals surface area contributed by atoms with Crippen molar-refractivity contribution in [1.82, 2.24) is 0 Å². The van der Waals surface area contributed by atoms with Gasteiger partial charge in [0.15, 0.2) is 0 Å². The number of nitrogens with one attached hydrogen (secondary N) is 1. The fourth-order valence-electron chi connectivity index (χ4n) is 0.777. The van der Waals surface area contributed by atoms with Crippen molar-refractivity contribution in [2.24, 2.45) is 0 Å². The predicted octanol–water partition coefficient (Wildman–Crippen LogP) is 2.20. The average Bonchev–Trinajstić information content (AvgIpc) is 2.50. The third-order valence-corrected chi connectivity index (χ3v) is 1.98. The highest BCUT2D eigenvalue weighted by Gasteiger charge is 1.89. The van der Waals surface area contributed by atoms with Crippen LogP contribution in [0.4, 0.5) is 5.69 Å². The monoisotopic (exact) mass is 171 g/mol. The first-order valence-electron chi connectivity index (χ1n) is 3.77. The van der Waals surface area contributed by atoms with Crippen LogP contribution >= 0.6 is 11.3 Å². The van der Waals surface area contributed by atoms with Crippen LogP contribution in [0.15, 0.2) is 16.8 Å². The lowest BCUT2D eigenvalue weighted by atomic mass is 10.5. The van der Waals surface area contributed by atoms with Gasteiger partial charge in [-0.1, -0.05) is 0 Å². The lowest BCUT2D eigenvalue weighted by Crippen LogP contribution is -2.08. The van der Waals surface area contributed by atoms with Crippen molar-refractivity contribution in [3.8, 4) is 0 Å². The molecule has 62 valence electrons. The summed E-state index contributed by atoms with van der Waals surface area (Å²) in [6, 6.07) is 2.07. The Kier molecular flexibility index (Phi) is 4.01. The van der Waals surface area contributed by atoms with E-state index in [1.807, 2.05) is 6.92 Å². The summed E-state index contributed by atoms with van der Waals surface area (Å²) >= 11 is 1.70. The molecule has 1 N–H and O–H groups in total. The maximum Gasteiger partial charge on any atom is 0.0638 e. The van der Waals surface area contributed by atoms with Crippen LogP contribution in [0.3, 0.4) is 0 Å². The van der Waals surface area contributed by atoms with Crippen molar-refractivity contribution >= 4 is 17.0 Å². The van der Waals surface area contributed by atoms with Gasteiger partial charge in [-0.05, 0) is 18.4 Å². The molecule has 1 aromatic heterocycles. The molecule has 0 atom stereocenters. The minimum absolute atomic E-state index is 0.784. The quantitative estimate of drug-likeness (QED) is 0.686. The summed E-state index contributed by atoms with van der Waals surface area (Å²) in [6.07, 6.45) is 0. The summed E-state index contributed by atoms with van der Waals surface area (Å²) in [6.45, 7) is 4.48. The normalized spacial score (nSPS) is 9.91. The van der Waals surface area contributed by atoms with E-state index < -0.39 is 0 Å². The van der Waals surface area contributed by atoms with Crippen molar-refractivity contribution < 1.29 is 4.74 Å². The van der Waals surface area contributed by atoms with Crippen LogP contribution in [0.25, 0.3) is 0 Å². The lowest BCUT2D eigenvalue weighted by molar-refractivity contribution is 0.158. The van der Waals surface area contributed by atoms with E-state index in [-0.39, 0.29) is 0 Å². The van der Waals surface area contributed by atoms with Crippen molar-refractivity contribution in [2.75, 3.05) is 25.1 Å². The molecule has 0 saturated carbocycles. The average molecular weight is 171 g/mol. The maximum atomic E-state index is 5.17. The van der Waals surface area contributed by atoms with Crippen LogP contribution in [-0.4, -0.2) is 19.8 Å². The van der Waals surface area contributed by atoms with Gasteiger partial charge in [0.2, 0.25) is 0 Å². The van der Waals surface area contributed by atoms with Gasteiger partial charge in [-0.15, -0.1) is 0 Å². The SMILES string of the molecule is CCOCCNc1ccsc1. The lowest BCUT2D eigenvalue weighted by Gasteiger charge is -2.02. The van der Waals surface area contributed by atoms with Gasteiger partial charge in [-0.25, -0.2) is 0 Å². The highest BCUT2D eigenvalue weighted by Crippen LogP contribution is 2.10. The van der Waals surface area contributed by atoms with Gasteiger partial charge in [0.05, 0.1) is 6.61 Å². The summed E-state index contributed by atoms with van der Waals surface area (Å²) in [5.74, 6) is 0. The molecule has 0 aliphatic carbocycles. The van der Waals surface area contributed by atoms with Gasteiger partial charge in [0, 0.05) is 24.2 Å². The molecule has 0 fully saturated rings. The fraction of sp³-hybridized carbons (Fsp3) is 0.500. The second kappa shape index (κ2) is 5.16. The second-order valence-electron chi connectivity index (χ2n) is 2.14. The zero-order valence-corrected chi connectivity index (χ0v) is 7.49. The predicted molar refractivity (Wildman–Crippen MR) is 49.3 cm³/mol. The Morgan fingerprint density at radius 1 is 1.64 bits per heavy atom. The van der Waals surface area contributed by atoms with E-state index in [4.69, 9.17) is 4.74 Å². The van der Waals surface area contributed by atoms with Crippen molar-refractivity contribution in [1.29, 1.82) is 0 Å². The third-order valence-electron chi connectivity index (χ3n) is 1.30. The number of anilines is 1. The molecule has 0 amide bonds. The summed E-state index contributed by atoms with van der Waals surface area (Å²) in [5.41, 5.74) is 1.19. The van der Waals surface area contributed by atoms with Crippen LogP contribution in [0.1, 0.15) is 6.92 Å². The molecular formula is C8H13NOS. The summed E-state index contributed by atoms with van der Waals surface area (Å²) in [5, 5.41) is 7.39. The number of ether oxygens (including phenoxy) is 1. The van der Waals surface area contributed by atoms with Gasteiger partial charge in [-0.2, -0.15) is 11.3 Å². The number of rotatable bonds is 5. The molecule has 11 heavy (non-hydrogen) atoms. The zero-order chi connectivity index (χ0) is 7.94. The zero-order valence-electron chi connectivity index (χ0n) is 6.67. The topological polar surface area (TPSA) is 21.3 Å². The molecule has 0 aromatic carbocycles. The van der Waals surface area contributed by atoms with Gasteiger partial charge < -0.3 is 10.1 Å². The Morgan fingerprint density at radius 2 is 2.55 bits per heavy atom. The molecular weight excluding hydrogens is 158 g/mol. The van der Waals surface area contributed by atoms with E-state index in [2.05, 4.69) is 22.1 Å². The molecule has 2 nitrogen and oxygen atoms in total. The Hall–Kier alpha value is -0.540. The second-order valence-corrected chi connectivity index (χ2v) is 2.92. The van der Waals surface area contributed by atoms with E-state index >= 15 is 0 Å². The summed E-state index contributed by atoms with van der Waals surface area (Å²) < 4.78 is 5.17. The van der Waals surface area contributed by atoms with Gasteiger partial charge in [-0.3, -0.25) is 0 Å². The first-order chi connectivity index (χ1) is 5.43. The van der Waals surface area contributed by atoms with Gasteiger partial charge in [0.25, 0.3) is 0 Å². The van der Waals surface area contributed by atoms with Crippen LogP contribution < -0.4 is 5.32 Å². The van der Waals surface area contributed by atoms with Gasteiger partial charge in [0.1, 0.15) is 0 Å². The van der Waals surface area contributed by atoms with Crippen LogP contribution in [0, 0.1) is 0 Å². The van der Waals surface area contributed by atoms with E-state index in [0.29, 0.717) is 0 Å². The summed E-state index contributed by atoms with van der Waals surface area (Å²) in [7, 11) is 0. The molecule has 0 spiro atoms. The highest BCUT2D eigenvalue weighted by atomic mass is 32.1. The van der Waals surface area contributed by atoms with E-state index in [0.717, 1.165) is 19.8 Å². The Balaban J connectivity index is 2.04. The third kappa shape index (κ3) is 3.39. The fourth-order valence-corrected chi connectivity index (χ4v) is 1.39. The largest absolute Gasteiger partial charge is 0.382 e. The molecule has 0 radical (unpaired) electrons. The highest BCUT2D eigenvalue weighted by molar-refractivity contribution is 7.08. The van der Waals surface area contributed by atoms with Crippen molar-refractivity contribution in [2.45, 2.75) is 6.92 Å². The number of thiophene rings is 1. The maximum absolute atomic E-state index is 5.17. The molecule has 1 rings (SSSR count). The molecule has 0 bridgehead atoms. The molecule has 1 aromatic rings. The minimum atomic E-state index is 0.784. The Labute approximate surface area is 71.2 Å². The van der Waals surface area contributed by atoms with E-state index in [1.165, 1.54) is 5.69 Å². The number of hydrogen-bond acceptors (Lipinski definition) is 3. The van der Waals surface area contributed by atoms with Crippen LogP contribution in [0.5, 0.6) is 0 Å². The molecule has 1 heterocycles. The first-order valence-corrected chi connectivity index (χ1v) is 4.71. The molecule has 0 unspecified atom stereocenters. The summed E-state index contributed by atoms with van der Waals surface area (Å²) in [4.78, 5) is 0. The van der Waals surface area contributed by atoms with Crippen molar-refractivity contribution in [3.05, 3.63) is 16.8 Å². The van der Waals surface area contributed by atoms with Crippen molar-refractivity contribution in [3.63, 3.8) is 0 Å². The molecule has 0 aliphatic rings. The minimum Gasteiger partial charge on any atom is -0.382 e. The van der Waals surface area contributed by atoms with E-state index in [1.54, 1.807) is 11.3 Å². The van der Waals surface area contributed by atoms with Gasteiger partial charge >= 0.3 is 0 Å². The molecule has 0 aliphatic heterocycles. The first kappa shape index (κ1) is 8.56. The molecule has 3 heteroatoms. The Morgan fingerprint density at radius 3 is 3.18 bits per heavy atom. The van der Waals surface area contributed by atoms with Crippen LogP contribution in [0.2, 0.25) is 0 Å². The number of hydrogen-bond donors (Lipinski definition) is 1. The van der Waals surface area contributed by atoms with E-state index in [9.17, 15) is 0 Å². The standard InChI is InChI=1S/C8H13NOS/c1-2-10-5-4-9-8-3-6-11-7-8/h3,6-7,9H,2,4-5H2,1H3. The smallest absolute Gasteiger partial charge is 0.0638 e. The van der Waals surface area contributed by atoms with Crippen LogP contribution in [-0.2, 0) is 4.74 Å². The molecule has 0 saturated heterocycles. The Bertz CT molecular complexity index is 174.